The molecule has 0 aliphatic heterocycles. The second kappa shape index (κ2) is 15.3. The van der Waals surface area contributed by atoms with E-state index in [-0.39, 0.29) is 0 Å². The minimum Gasteiger partial charge on any atom is -0.311 e. The van der Waals surface area contributed by atoms with E-state index < -0.39 is 8.07 Å². The van der Waals surface area contributed by atoms with Gasteiger partial charge in [0, 0.05) is 34.1 Å². The average Bonchev–Trinajstić information content (AvgIpc) is 3.23. The first-order valence-corrected chi connectivity index (χ1v) is 22.2. The van der Waals surface area contributed by atoms with Gasteiger partial charge in [0.1, 0.15) is 0 Å². The van der Waals surface area contributed by atoms with Gasteiger partial charge >= 0.3 is 0 Å². The van der Waals surface area contributed by atoms with Gasteiger partial charge in [-0.05, 0) is 106 Å². The van der Waals surface area contributed by atoms with Crippen molar-refractivity contribution in [1.82, 2.24) is 0 Å². The van der Waals surface area contributed by atoms with Gasteiger partial charge in [0.15, 0.2) is 0 Å². The van der Waals surface area contributed by atoms with Crippen LogP contribution in [0.15, 0.2) is 212 Å². The van der Waals surface area contributed by atoms with E-state index in [4.69, 9.17) is 0 Å². The summed E-state index contributed by atoms with van der Waals surface area (Å²) in [5.41, 5.74) is 14.0. The van der Waals surface area contributed by atoms with Gasteiger partial charge in [0.05, 0.1) is 8.07 Å². The SMILES string of the molecule is C[Si](C)(C)c1ccc(N(c2ccccc2)c2ccc(-c3ccc(-c4ccc(N(c5ccccc5)c5cccc(-c6ccccc6)c5)cc4)cc3)cc2)cc1. The lowest BCUT2D eigenvalue weighted by molar-refractivity contribution is 1.28. The lowest BCUT2D eigenvalue weighted by Crippen LogP contribution is -2.37. The van der Waals surface area contributed by atoms with E-state index >= 15 is 0 Å². The third kappa shape index (κ3) is 7.54. The lowest BCUT2D eigenvalue weighted by Gasteiger charge is -2.26. The van der Waals surface area contributed by atoms with Crippen LogP contribution in [0.2, 0.25) is 19.6 Å². The maximum absolute atomic E-state index is 2.39. The molecule has 54 heavy (non-hydrogen) atoms. The van der Waals surface area contributed by atoms with Crippen LogP contribution in [0, 0.1) is 0 Å². The van der Waals surface area contributed by atoms with Crippen LogP contribution in [0.1, 0.15) is 0 Å². The van der Waals surface area contributed by atoms with E-state index in [9.17, 15) is 0 Å². The van der Waals surface area contributed by atoms with E-state index in [2.05, 4.69) is 242 Å². The molecule has 8 aromatic carbocycles. The largest absolute Gasteiger partial charge is 0.311 e. The molecule has 0 unspecified atom stereocenters. The third-order valence-corrected chi connectivity index (χ3v) is 12.1. The molecule has 0 saturated heterocycles. The van der Waals surface area contributed by atoms with Crippen molar-refractivity contribution in [2.45, 2.75) is 19.6 Å². The molecule has 0 N–H and O–H groups in total. The summed E-state index contributed by atoms with van der Waals surface area (Å²) in [5.74, 6) is 0. The summed E-state index contributed by atoms with van der Waals surface area (Å²) in [7, 11) is -1.39. The van der Waals surface area contributed by atoms with Gasteiger partial charge in [-0.1, -0.05) is 164 Å². The van der Waals surface area contributed by atoms with E-state index in [1.807, 2.05) is 0 Å². The summed E-state index contributed by atoms with van der Waals surface area (Å²) < 4.78 is 0. The zero-order chi connectivity index (χ0) is 36.9. The summed E-state index contributed by atoms with van der Waals surface area (Å²) >= 11 is 0. The fourth-order valence-electron chi connectivity index (χ4n) is 7.08. The average molecular weight is 713 g/mol. The van der Waals surface area contributed by atoms with Crippen LogP contribution in [0.5, 0.6) is 0 Å². The number of hydrogen-bond donors (Lipinski definition) is 0. The van der Waals surface area contributed by atoms with Crippen LogP contribution in [0.25, 0.3) is 33.4 Å². The first kappa shape index (κ1) is 34.7. The Morgan fingerprint density at radius 2 is 0.556 bits per heavy atom. The molecule has 262 valence electrons. The molecule has 8 aromatic rings. The molecule has 0 atom stereocenters. The van der Waals surface area contributed by atoms with Crippen LogP contribution in [-0.2, 0) is 0 Å². The van der Waals surface area contributed by atoms with Crippen molar-refractivity contribution in [3.63, 3.8) is 0 Å². The normalized spacial score (nSPS) is 11.2. The van der Waals surface area contributed by atoms with Crippen LogP contribution >= 0.6 is 0 Å². The number of para-hydroxylation sites is 2. The van der Waals surface area contributed by atoms with Gasteiger partial charge in [0.25, 0.3) is 0 Å². The second-order valence-corrected chi connectivity index (χ2v) is 19.8. The molecule has 3 heteroatoms. The Morgan fingerprint density at radius 3 is 0.981 bits per heavy atom. The molecule has 0 heterocycles. The number of anilines is 6. The standard InChI is InChI=1S/C51H44N2Si/c1-54(2,3)51-36-34-49(35-37-51)52(45-17-9-5-10-18-45)47-30-26-42(27-31-47)40-22-24-41(25-23-40)43-28-32-48(33-29-43)53(46-19-11-6-12-20-46)50-21-13-16-44(38-50)39-14-7-4-8-15-39/h4-38H,1-3H3. The molecule has 2 nitrogen and oxygen atoms in total. The van der Waals surface area contributed by atoms with Crippen LogP contribution in [0.4, 0.5) is 34.1 Å². The van der Waals surface area contributed by atoms with Crippen molar-refractivity contribution in [2.75, 3.05) is 9.80 Å². The first-order valence-electron chi connectivity index (χ1n) is 18.7. The Labute approximate surface area is 321 Å². The minimum absolute atomic E-state index is 1.11. The van der Waals surface area contributed by atoms with Crippen molar-refractivity contribution in [3.05, 3.63) is 212 Å². The summed E-state index contributed by atoms with van der Waals surface area (Å²) in [6.07, 6.45) is 0. The fourth-order valence-corrected chi connectivity index (χ4v) is 8.24. The maximum Gasteiger partial charge on any atom is 0.0775 e. The highest BCUT2D eigenvalue weighted by atomic mass is 28.3. The monoisotopic (exact) mass is 712 g/mol. The number of rotatable bonds is 10. The molecule has 0 aliphatic carbocycles. The van der Waals surface area contributed by atoms with E-state index in [0.717, 1.165) is 28.4 Å². The molecule has 0 spiro atoms. The Bertz CT molecular complexity index is 2420. The zero-order valence-corrected chi connectivity index (χ0v) is 32.1. The van der Waals surface area contributed by atoms with Crippen LogP contribution in [0.3, 0.4) is 0 Å². The molecule has 0 bridgehead atoms. The Kier molecular flexibility index (Phi) is 9.80. The van der Waals surface area contributed by atoms with Crippen molar-refractivity contribution in [2.24, 2.45) is 0 Å². The van der Waals surface area contributed by atoms with Crippen molar-refractivity contribution < 1.29 is 0 Å². The Morgan fingerprint density at radius 1 is 0.259 bits per heavy atom. The van der Waals surface area contributed by atoms with Crippen LogP contribution < -0.4 is 15.0 Å². The zero-order valence-electron chi connectivity index (χ0n) is 31.1. The number of nitrogens with zero attached hydrogens (tertiary/aromatic N) is 2. The predicted octanol–water partition coefficient (Wildman–Crippen LogP) is 14.2. The predicted molar refractivity (Wildman–Crippen MR) is 235 cm³/mol. The summed E-state index contributed by atoms with van der Waals surface area (Å²) in [5, 5.41) is 1.47. The van der Waals surface area contributed by atoms with Gasteiger partial charge in [-0.3, -0.25) is 0 Å². The molecule has 0 aliphatic rings. The Hall–Kier alpha value is -6.42. The first-order chi connectivity index (χ1) is 26.4. The van der Waals surface area contributed by atoms with E-state index in [1.165, 1.54) is 44.3 Å². The quantitative estimate of drug-likeness (QED) is 0.130. The molecule has 0 amide bonds. The van der Waals surface area contributed by atoms with E-state index in [0.29, 0.717) is 0 Å². The van der Waals surface area contributed by atoms with Gasteiger partial charge in [-0.25, -0.2) is 0 Å². The molecular weight excluding hydrogens is 669 g/mol. The highest BCUT2D eigenvalue weighted by Gasteiger charge is 2.18. The second-order valence-electron chi connectivity index (χ2n) is 14.7. The van der Waals surface area contributed by atoms with Crippen molar-refractivity contribution in [3.8, 4) is 33.4 Å². The minimum atomic E-state index is -1.39. The highest BCUT2D eigenvalue weighted by Crippen LogP contribution is 2.38. The van der Waals surface area contributed by atoms with Crippen molar-refractivity contribution >= 4 is 47.4 Å². The lowest BCUT2D eigenvalue weighted by atomic mass is 9.99. The van der Waals surface area contributed by atoms with Crippen LogP contribution in [-0.4, -0.2) is 8.07 Å². The van der Waals surface area contributed by atoms with Gasteiger partial charge < -0.3 is 9.80 Å². The molecule has 0 radical (unpaired) electrons. The van der Waals surface area contributed by atoms with Gasteiger partial charge in [-0.2, -0.15) is 0 Å². The maximum atomic E-state index is 2.39. The molecule has 8 rings (SSSR count). The number of hydrogen-bond acceptors (Lipinski definition) is 2. The summed E-state index contributed by atoms with van der Waals surface area (Å²) in [4.78, 5) is 4.66. The molecule has 0 saturated carbocycles. The molecular formula is C51H44N2Si. The van der Waals surface area contributed by atoms with Crippen molar-refractivity contribution in [1.29, 1.82) is 0 Å². The topological polar surface area (TPSA) is 6.48 Å². The Balaban J connectivity index is 1.04. The molecule has 0 aromatic heterocycles. The summed E-state index contributed by atoms with van der Waals surface area (Å²) in [6, 6.07) is 76.5. The summed E-state index contributed by atoms with van der Waals surface area (Å²) in [6.45, 7) is 7.18. The molecule has 0 fully saturated rings. The van der Waals surface area contributed by atoms with Gasteiger partial charge in [0.2, 0.25) is 0 Å². The highest BCUT2D eigenvalue weighted by molar-refractivity contribution is 6.88. The fraction of sp³-hybridized carbons (Fsp3) is 0.0588. The van der Waals surface area contributed by atoms with E-state index in [1.54, 1.807) is 0 Å². The third-order valence-electron chi connectivity index (χ3n) is 10.0. The number of benzene rings is 8. The smallest absolute Gasteiger partial charge is 0.0775 e. The van der Waals surface area contributed by atoms with Gasteiger partial charge in [-0.15, -0.1) is 0 Å².